The highest BCUT2D eigenvalue weighted by Crippen LogP contribution is 2.46. The van der Waals surface area contributed by atoms with Gasteiger partial charge in [-0.25, -0.2) is 9.97 Å². The fourth-order valence-corrected chi connectivity index (χ4v) is 5.12. The number of rotatable bonds is 9. The Labute approximate surface area is 217 Å². The highest BCUT2D eigenvalue weighted by Gasteiger charge is 2.32. The fraction of sp³-hybridized carbons (Fsp3) is 0.464. The second-order valence-corrected chi connectivity index (χ2v) is 10.0. The van der Waals surface area contributed by atoms with Gasteiger partial charge in [-0.3, -0.25) is 4.90 Å². The van der Waals surface area contributed by atoms with Crippen LogP contribution in [0.5, 0.6) is 0 Å². The van der Waals surface area contributed by atoms with Gasteiger partial charge in [-0.05, 0) is 44.4 Å². The van der Waals surface area contributed by atoms with Crippen LogP contribution in [0, 0.1) is 11.3 Å². The summed E-state index contributed by atoms with van der Waals surface area (Å²) in [6.07, 6.45) is 3.11. The van der Waals surface area contributed by atoms with Crippen LogP contribution in [-0.4, -0.2) is 67.6 Å². The third-order valence-corrected chi connectivity index (χ3v) is 7.33. The summed E-state index contributed by atoms with van der Waals surface area (Å²) in [6.45, 7) is 6.68. The third kappa shape index (κ3) is 5.33. The molecule has 3 aromatic rings. The number of pyridine rings is 2. The molecule has 2 aliphatic rings. The van der Waals surface area contributed by atoms with Crippen molar-refractivity contribution in [3.8, 4) is 17.2 Å². The molecule has 2 aromatic heterocycles. The van der Waals surface area contributed by atoms with Gasteiger partial charge in [-0.15, -0.1) is 0 Å². The normalized spacial score (nSPS) is 18.5. The summed E-state index contributed by atoms with van der Waals surface area (Å²) >= 11 is 6.67. The van der Waals surface area contributed by atoms with Crippen molar-refractivity contribution in [3.63, 3.8) is 0 Å². The molecule has 2 fully saturated rings. The number of methoxy groups -OCH3 is 1. The maximum Gasteiger partial charge on any atom is 0.146 e. The largest absolute Gasteiger partial charge is 0.385 e. The van der Waals surface area contributed by atoms with E-state index in [1.54, 1.807) is 7.11 Å². The van der Waals surface area contributed by atoms with Crippen LogP contribution in [0.25, 0.3) is 22.0 Å². The number of hydrogen-bond acceptors (Lipinski definition) is 7. The van der Waals surface area contributed by atoms with Crippen molar-refractivity contribution in [2.75, 3.05) is 51.6 Å². The summed E-state index contributed by atoms with van der Waals surface area (Å²) in [7, 11) is 1.71. The van der Waals surface area contributed by atoms with E-state index in [2.05, 4.69) is 33.8 Å². The van der Waals surface area contributed by atoms with Crippen molar-refractivity contribution >= 4 is 28.3 Å². The summed E-state index contributed by atoms with van der Waals surface area (Å²) in [6, 6.07) is 14.7. The Balaban J connectivity index is 1.41. The van der Waals surface area contributed by atoms with Gasteiger partial charge < -0.3 is 14.4 Å². The highest BCUT2D eigenvalue weighted by molar-refractivity contribution is 6.32. The first-order valence-corrected chi connectivity index (χ1v) is 13.0. The first kappa shape index (κ1) is 24.9. The van der Waals surface area contributed by atoms with E-state index < -0.39 is 0 Å². The second-order valence-electron chi connectivity index (χ2n) is 9.69. The zero-order chi connectivity index (χ0) is 25.1. The van der Waals surface area contributed by atoms with Crippen LogP contribution in [0.15, 0.2) is 36.4 Å². The van der Waals surface area contributed by atoms with E-state index in [9.17, 15) is 5.26 Å². The number of benzene rings is 1. The van der Waals surface area contributed by atoms with Gasteiger partial charge in [0.1, 0.15) is 17.0 Å². The lowest BCUT2D eigenvalue weighted by atomic mass is 9.99. The molecular formula is C28H32ClN5O2. The molecule has 0 bridgehead atoms. The van der Waals surface area contributed by atoms with Crippen molar-refractivity contribution in [3.05, 3.63) is 52.8 Å². The van der Waals surface area contributed by atoms with Crippen molar-refractivity contribution in [2.45, 2.75) is 38.1 Å². The smallest absolute Gasteiger partial charge is 0.146 e. The van der Waals surface area contributed by atoms with Crippen LogP contribution in [-0.2, 0) is 9.47 Å². The van der Waals surface area contributed by atoms with Gasteiger partial charge in [-0.2, -0.15) is 5.26 Å². The maximum atomic E-state index is 10.1. The first-order valence-electron chi connectivity index (χ1n) is 12.7. The van der Waals surface area contributed by atoms with Crippen LogP contribution in [0.4, 0.5) is 5.82 Å². The minimum absolute atomic E-state index is 0.290. The molecule has 0 radical (unpaired) electrons. The second kappa shape index (κ2) is 11.1. The van der Waals surface area contributed by atoms with Gasteiger partial charge in [0.25, 0.3) is 0 Å². The number of hydrogen-bond donors (Lipinski definition) is 0. The molecule has 1 unspecified atom stereocenters. The molecular weight excluding hydrogens is 474 g/mol. The fourth-order valence-electron chi connectivity index (χ4n) is 4.87. The molecule has 0 amide bonds. The minimum Gasteiger partial charge on any atom is -0.385 e. The average molecular weight is 506 g/mol. The number of nitrogens with zero attached hydrogens (tertiary/aromatic N) is 5. The van der Waals surface area contributed by atoms with Crippen LogP contribution in [0.3, 0.4) is 0 Å². The summed E-state index contributed by atoms with van der Waals surface area (Å²) in [5, 5.41) is 11.6. The molecule has 8 heteroatoms. The van der Waals surface area contributed by atoms with Crippen LogP contribution < -0.4 is 4.90 Å². The van der Waals surface area contributed by atoms with E-state index in [4.69, 9.17) is 26.1 Å². The lowest BCUT2D eigenvalue weighted by molar-refractivity contribution is -0.00221. The van der Waals surface area contributed by atoms with Crippen molar-refractivity contribution in [2.24, 2.45) is 0 Å². The lowest BCUT2D eigenvalue weighted by Crippen LogP contribution is -2.53. The van der Waals surface area contributed by atoms with E-state index in [1.165, 1.54) is 0 Å². The summed E-state index contributed by atoms with van der Waals surface area (Å²) < 4.78 is 10.9. The maximum absolute atomic E-state index is 10.1. The zero-order valence-electron chi connectivity index (χ0n) is 20.9. The lowest BCUT2D eigenvalue weighted by Gasteiger charge is -2.40. The number of anilines is 1. The molecule has 1 aliphatic heterocycles. The third-order valence-electron chi connectivity index (χ3n) is 7.04. The summed E-state index contributed by atoms with van der Waals surface area (Å²) in [5.74, 6) is 1.17. The Morgan fingerprint density at radius 3 is 2.69 bits per heavy atom. The molecule has 0 N–H and O–H groups in total. The number of aromatic nitrogens is 2. The predicted octanol–water partition coefficient (Wildman–Crippen LogP) is 5.22. The number of halogens is 1. The zero-order valence-corrected chi connectivity index (χ0v) is 21.7. The first-order chi connectivity index (χ1) is 17.6. The Kier molecular flexibility index (Phi) is 7.68. The van der Waals surface area contributed by atoms with Crippen molar-refractivity contribution in [1.82, 2.24) is 14.9 Å². The topological polar surface area (TPSA) is 74.5 Å². The Morgan fingerprint density at radius 1 is 1.11 bits per heavy atom. The standard InChI is InChI=1S/C28H32ClN5O2/c1-19-17-33(10-11-34(19)18-36-13-5-12-35-2)28-22(16-30)15-23(26(32-28)20-8-9-20)24-14-21-6-3-4-7-25(21)31-27(24)29/h3-4,6-7,14-15,19-20H,5,8-13,17-18H2,1-2H3. The number of nitriles is 1. The van der Waals surface area contributed by atoms with Gasteiger partial charge in [-0.1, -0.05) is 29.8 Å². The minimum atomic E-state index is 0.290. The number of piperazine rings is 1. The Bertz CT molecular complexity index is 1270. The molecule has 7 nitrogen and oxygen atoms in total. The van der Waals surface area contributed by atoms with Gasteiger partial charge in [0.2, 0.25) is 0 Å². The Morgan fingerprint density at radius 2 is 1.94 bits per heavy atom. The van der Waals surface area contributed by atoms with Gasteiger partial charge in [0, 0.05) is 61.8 Å². The monoisotopic (exact) mass is 505 g/mol. The van der Waals surface area contributed by atoms with Crippen molar-refractivity contribution in [1.29, 1.82) is 5.26 Å². The number of para-hydroxylation sites is 1. The van der Waals surface area contributed by atoms with E-state index in [0.29, 0.717) is 36.6 Å². The van der Waals surface area contributed by atoms with Crippen LogP contribution in [0.2, 0.25) is 5.15 Å². The average Bonchev–Trinajstić information content (AvgIpc) is 3.74. The molecule has 0 spiro atoms. The van der Waals surface area contributed by atoms with Gasteiger partial charge in [0.15, 0.2) is 0 Å². The van der Waals surface area contributed by atoms with Crippen molar-refractivity contribution < 1.29 is 9.47 Å². The van der Waals surface area contributed by atoms with E-state index >= 15 is 0 Å². The summed E-state index contributed by atoms with van der Waals surface area (Å²) in [5.41, 5.74) is 4.24. The molecule has 1 aromatic carbocycles. The molecule has 1 saturated carbocycles. The molecule has 1 atom stereocenters. The number of ether oxygens (including phenoxy) is 2. The molecule has 1 saturated heterocycles. The van der Waals surface area contributed by atoms with Crippen LogP contribution >= 0.6 is 11.6 Å². The Hall–Kier alpha value is -2.76. The highest BCUT2D eigenvalue weighted by atomic mass is 35.5. The summed E-state index contributed by atoms with van der Waals surface area (Å²) in [4.78, 5) is 14.3. The number of fused-ring (bicyclic) bond motifs is 1. The molecule has 5 rings (SSSR count). The molecule has 3 heterocycles. The molecule has 36 heavy (non-hydrogen) atoms. The van der Waals surface area contributed by atoms with Crippen LogP contribution in [0.1, 0.15) is 43.4 Å². The predicted molar refractivity (Wildman–Crippen MR) is 142 cm³/mol. The van der Waals surface area contributed by atoms with Gasteiger partial charge in [0.05, 0.1) is 30.1 Å². The van der Waals surface area contributed by atoms with E-state index in [0.717, 1.165) is 72.4 Å². The van der Waals surface area contributed by atoms with E-state index in [-0.39, 0.29) is 6.04 Å². The van der Waals surface area contributed by atoms with Gasteiger partial charge >= 0.3 is 0 Å². The quantitative estimate of drug-likeness (QED) is 0.291. The molecule has 188 valence electrons. The molecule has 1 aliphatic carbocycles. The van der Waals surface area contributed by atoms with E-state index in [1.807, 2.05) is 30.3 Å². The SMILES string of the molecule is COCCCOCN1CCN(c2nc(C3CC3)c(-c3cc4ccccc4nc3Cl)cc2C#N)CC1C.